The second-order valence-corrected chi connectivity index (χ2v) is 6.06. The Hall–Kier alpha value is -3.32. The lowest BCUT2D eigenvalue weighted by molar-refractivity contribution is -0.117. The number of nitrogens with one attached hydrogen (secondary N) is 1. The van der Waals surface area contributed by atoms with Crippen LogP contribution < -0.4 is 5.32 Å². The Morgan fingerprint density at radius 2 is 1.88 bits per heavy atom. The van der Waals surface area contributed by atoms with Crippen LogP contribution in [0.2, 0.25) is 0 Å². The Kier molecular flexibility index (Phi) is 5.19. The lowest BCUT2D eigenvalue weighted by atomic mass is 10.0. The van der Waals surface area contributed by atoms with E-state index in [-0.39, 0.29) is 11.6 Å². The van der Waals surface area contributed by atoms with Crippen molar-refractivity contribution >= 4 is 23.0 Å². The number of amides is 1. The molecule has 4 heteroatoms. The molecule has 1 aromatic heterocycles. The van der Waals surface area contributed by atoms with E-state index < -0.39 is 5.91 Å². The third-order valence-corrected chi connectivity index (χ3v) is 4.33. The first kappa shape index (κ1) is 17.5. The molecule has 3 rings (SSSR count). The molecule has 26 heavy (non-hydrogen) atoms. The number of carbonyl (C=O) groups excluding carboxylic acids is 1. The molecule has 0 aliphatic rings. The van der Waals surface area contributed by atoms with Gasteiger partial charge in [0.2, 0.25) is 0 Å². The molecule has 1 heterocycles. The molecular weight excluding hydrogens is 324 g/mol. The second-order valence-electron chi connectivity index (χ2n) is 6.06. The molecule has 0 saturated heterocycles. The van der Waals surface area contributed by atoms with E-state index in [9.17, 15) is 10.1 Å². The molecule has 0 bridgehead atoms. The summed E-state index contributed by atoms with van der Waals surface area (Å²) in [4.78, 5) is 12.6. The van der Waals surface area contributed by atoms with Crippen LogP contribution in [-0.2, 0) is 11.2 Å². The highest BCUT2D eigenvalue weighted by atomic mass is 16.3. The highest BCUT2D eigenvalue weighted by Crippen LogP contribution is 2.28. The molecular formula is C22H20N2O2. The highest BCUT2D eigenvalue weighted by Gasteiger charge is 2.17. The highest BCUT2D eigenvalue weighted by molar-refractivity contribution is 6.04. The maximum Gasteiger partial charge on any atom is 0.262 e. The van der Waals surface area contributed by atoms with Crippen molar-refractivity contribution in [1.82, 2.24) is 5.32 Å². The fourth-order valence-corrected chi connectivity index (χ4v) is 2.93. The lowest BCUT2D eigenvalue weighted by Crippen LogP contribution is -2.27. The second kappa shape index (κ2) is 7.71. The molecule has 0 aliphatic carbocycles. The van der Waals surface area contributed by atoms with Crippen LogP contribution in [0.1, 0.15) is 36.8 Å². The predicted molar refractivity (Wildman–Crippen MR) is 102 cm³/mol. The zero-order chi connectivity index (χ0) is 18.5. The molecule has 1 amide bonds. The van der Waals surface area contributed by atoms with Gasteiger partial charge in [-0.05, 0) is 24.6 Å². The summed E-state index contributed by atoms with van der Waals surface area (Å²) in [5, 5.41) is 13.3. The number of rotatable bonds is 5. The van der Waals surface area contributed by atoms with Crippen LogP contribution in [0, 0.1) is 11.3 Å². The third-order valence-electron chi connectivity index (χ3n) is 4.33. The van der Waals surface area contributed by atoms with Gasteiger partial charge < -0.3 is 9.73 Å². The fourth-order valence-electron chi connectivity index (χ4n) is 2.93. The molecule has 2 aromatic carbocycles. The number of hydrogen-bond acceptors (Lipinski definition) is 3. The van der Waals surface area contributed by atoms with E-state index in [2.05, 4.69) is 5.32 Å². The first-order valence-electron chi connectivity index (χ1n) is 8.62. The van der Waals surface area contributed by atoms with Gasteiger partial charge in [-0.2, -0.15) is 5.26 Å². The SMILES string of the molecule is CCc1oc2ccccc2c1/C=C(\C#N)C(=O)N[C@H](C)c1ccccc1. The summed E-state index contributed by atoms with van der Waals surface area (Å²) in [5.74, 6) is 0.374. The zero-order valence-corrected chi connectivity index (χ0v) is 14.8. The van der Waals surface area contributed by atoms with Crippen molar-refractivity contribution in [3.05, 3.63) is 77.1 Å². The normalized spacial score (nSPS) is 12.6. The van der Waals surface area contributed by atoms with E-state index in [1.807, 2.05) is 74.5 Å². The topological polar surface area (TPSA) is 66.0 Å². The van der Waals surface area contributed by atoms with Gasteiger partial charge in [0.15, 0.2) is 0 Å². The summed E-state index contributed by atoms with van der Waals surface area (Å²) in [6.07, 6.45) is 2.30. The first-order valence-corrected chi connectivity index (χ1v) is 8.62. The molecule has 0 radical (unpaired) electrons. The van der Waals surface area contributed by atoms with Gasteiger partial charge in [-0.1, -0.05) is 55.5 Å². The van der Waals surface area contributed by atoms with Crippen LogP contribution >= 0.6 is 0 Å². The van der Waals surface area contributed by atoms with E-state index in [1.54, 1.807) is 6.08 Å². The number of aryl methyl sites for hydroxylation is 1. The molecule has 3 aromatic rings. The van der Waals surface area contributed by atoms with E-state index in [1.165, 1.54) is 0 Å². The van der Waals surface area contributed by atoms with Gasteiger partial charge in [0, 0.05) is 17.4 Å². The Bertz CT molecular complexity index is 994. The van der Waals surface area contributed by atoms with Crippen molar-refractivity contribution in [2.45, 2.75) is 26.3 Å². The third kappa shape index (κ3) is 3.52. The monoisotopic (exact) mass is 344 g/mol. The standard InChI is InChI=1S/C22H20N2O2/c1-3-20-19(18-11-7-8-12-21(18)26-20)13-17(14-23)22(25)24-15(2)16-9-5-4-6-10-16/h4-13,15H,3H2,1-2H3,(H,24,25)/b17-13+/t15-/m1/s1. The van der Waals surface area contributed by atoms with E-state index >= 15 is 0 Å². The number of carbonyl (C=O) groups is 1. The summed E-state index contributed by atoms with van der Waals surface area (Å²) in [7, 11) is 0. The summed E-state index contributed by atoms with van der Waals surface area (Å²) in [6.45, 7) is 3.88. The van der Waals surface area contributed by atoms with Crippen LogP contribution in [0.4, 0.5) is 0 Å². The van der Waals surface area contributed by atoms with Gasteiger partial charge in [0.1, 0.15) is 23.0 Å². The zero-order valence-electron chi connectivity index (χ0n) is 14.8. The van der Waals surface area contributed by atoms with Crippen molar-refractivity contribution in [2.24, 2.45) is 0 Å². The molecule has 0 unspecified atom stereocenters. The molecule has 0 aliphatic heterocycles. The van der Waals surface area contributed by atoms with Crippen molar-refractivity contribution < 1.29 is 9.21 Å². The van der Waals surface area contributed by atoms with Crippen LogP contribution in [-0.4, -0.2) is 5.91 Å². The quantitative estimate of drug-likeness (QED) is 0.535. The van der Waals surface area contributed by atoms with Gasteiger partial charge in [0.25, 0.3) is 5.91 Å². The van der Waals surface area contributed by atoms with Crippen LogP contribution in [0.3, 0.4) is 0 Å². The molecule has 1 atom stereocenters. The maximum absolute atomic E-state index is 12.6. The maximum atomic E-state index is 12.6. The fraction of sp³-hybridized carbons (Fsp3) is 0.182. The summed E-state index contributed by atoms with van der Waals surface area (Å²) in [6, 6.07) is 19.1. The van der Waals surface area contributed by atoms with E-state index in [0.717, 1.165) is 27.9 Å². The summed E-state index contributed by atoms with van der Waals surface area (Å²) < 4.78 is 5.84. The number of para-hydroxylation sites is 1. The smallest absolute Gasteiger partial charge is 0.262 e. The number of benzene rings is 2. The molecule has 0 fully saturated rings. The Morgan fingerprint density at radius 1 is 1.19 bits per heavy atom. The van der Waals surface area contributed by atoms with Gasteiger partial charge in [0.05, 0.1) is 6.04 Å². The van der Waals surface area contributed by atoms with Crippen molar-refractivity contribution in [1.29, 1.82) is 5.26 Å². The average molecular weight is 344 g/mol. The summed E-state index contributed by atoms with van der Waals surface area (Å²) in [5.41, 5.74) is 2.60. The summed E-state index contributed by atoms with van der Waals surface area (Å²) >= 11 is 0. The number of nitriles is 1. The molecule has 0 spiro atoms. The van der Waals surface area contributed by atoms with Crippen LogP contribution in [0.15, 0.2) is 64.6 Å². The first-order chi connectivity index (χ1) is 12.6. The number of furan rings is 1. The van der Waals surface area contributed by atoms with Crippen LogP contribution in [0.5, 0.6) is 0 Å². The number of nitrogens with zero attached hydrogens (tertiary/aromatic N) is 1. The van der Waals surface area contributed by atoms with Gasteiger partial charge in [-0.3, -0.25) is 4.79 Å². The van der Waals surface area contributed by atoms with Crippen LogP contribution in [0.25, 0.3) is 17.0 Å². The Morgan fingerprint density at radius 3 is 2.58 bits per heavy atom. The van der Waals surface area contributed by atoms with Crippen molar-refractivity contribution in [3.63, 3.8) is 0 Å². The molecule has 130 valence electrons. The Labute approximate surface area is 152 Å². The molecule has 1 N–H and O–H groups in total. The van der Waals surface area contributed by atoms with Crippen molar-refractivity contribution in [2.75, 3.05) is 0 Å². The predicted octanol–water partition coefficient (Wildman–Crippen LogP) is 4.78. The van der Waals surface area contributed by atoms with Crippen molar-refractivity contribution in [3.8, 4) is 6.07 Å². The average Bonchev–Trinajstić information content (AvgIpc) is 3.04. The lowest BCUT2D eigenvalue weighted by Gasteiger charge is -2.13. The minimum Gasteiger partial charge on any atom is -0.460 e. The minimum atomic E-state index is -0.392. The molecule has 4 nitrogen and oxygen atoms in total. The van der Waals surface area contributed by atoms with Gasteiger partial charge in [-0.15, -0.1) is 0 Å². The van der Waals surface area contributed by atoms with Gasteiger partial charge in [-0.25, -0.2) is 0 Å². The minimum absolute atomic E-state index is 0.0639. The number of hydrogen-bond donors (Lipinski definition) is 1. The van der Waals surface area contributed by atoms with E-state index in [0.29, 0.717) is 6.42 Å². The van der Waals surface area contributed by atoms with E-state index in [4.69, 9.17) is 4.42 Å². The molecule has 0 saturated carbocycles. The Balaban J connectivity index is 1.91. The number of fused-ring (bicyclic) bond motifs is 1. The van der Waals surface area contributed by atoms with Gasteiger partial charge >= 0.3 is 0 Å². The largest absolute Gasteiger partial charge is 0.460 e.